The molecule has 2 heterocycles. The van der Waals surface area contributed by atoms with Gasteiger partial charge in [-0.2, -0.15) is 0 Å². The van der Waals surface area contributed by atoms with Crippen molar-refractivity contribution in [1.82, 2.24) is 15.3 Å². The summed E-state index contributed by atoms with van der Waals surface area (Å²) in [4.78, 5) is 23.1. The fourth-order valence-electron chi connectivity index (χ4n) is 2.46. The van der Waals surface area contributed by atoms with E-state index in [-0.39, 0.29) is 5.91 Å². The second-order valence-electron chi connectivity index (χ2n) is 6.08. The van der Waals surface area contributed by atoms with Crippen LogP contribution in [0.1, 0.15) is 56.4 Å². The van der Waals surface area contributed by atoms with E-state index in [1.165, 1.54) is 25.7 Å². The van der Waals surface area contributed by atoms with Gasteiger partial charge in [-0.1, -0.05) is 26.7 Å². The van der Waals surface area contributed by atoms with Crippen LogP contribution in [0.5, 0.6) is 0 Å². The summed E-state index contributed by atoms with van der Waals surface area (Å²) in [7, 11) is 0. The molecule has 1 aliphatic heterocycles. The molecule has 0 unspecified atom stereocenters. The van der Waals surface area contributed by atoms with Gasteiger partial charge in [-0.05, 0) is 31.2 Å². The first kappa shape index (κ1) is 15.7. The molecular weight excluding hydrogens is 264 g/mol. The Balaban J connectivity index is 1.97. The zero-order valence-corrected chi connectivity index (χ0v) is 13.1. The summed E-state index contributed by atoms with van der Waals surface area (Å²) in [6.45, 7) is 6.96. The highest BCUT2D eigenvalue weighted by atomic mass is 16.1. The van der Waals surface area contributed by atoms with Crippen molar-refractivity contribution in [1.29, 1.82) is 0 Å². The van der Waals surface area contributed by atoms with Gasteiger partial charge >= 0.3 is 0 Å². The third-order valence-electron chi connectivity index (χ3n) is 3.77. The number of carbonyl (C=O) groups is 1. The molecule has 116 valence electrons. The first-order valence-corrected chi connectivity index (χ1v) is 8.03. The highest BCUT2D eigenvalue weighted by Crippen LogP contribution is 2.15. The van der Waals surface area contributed by atoms with E-state index < -0.39 is 0 Å². The number of nitrogens with one attached hydrogen (secondary N) is 1. The lowest BCUT2D eigenvalue weighted by Gasteiger charge is -2.20. The molecule has 0 aliphatic carbocycles. The largest absolute Gasteiger partial charge is 0.351 e. The molecule has 0 saturated carbocycles. The maximum Gasteiger partial charge on any atom is 0.270 e. The second-order valence-corrected chi connectivity index (χ2v) is 6.08. The molecule has 1 saturated heterocycles. The molecule has 0 aromatic carbocycles. The minimum atomic E-state index is -0.103. The van der Waals surface area contributed by atoms with Gasteiger partial charge in [0, 0.05) is 25.8 Å². The minimum Gasteiger partial charge on any atom is -0.351 e. The second kappa shape index (κ2) is 7.96. The molecule has 1 aromatic heterocycles. The number of amides is 1. The van der Waals surface area contributed by atoms with E-state index in [1.807, 2.05) is 0 Å². The predicted octanol–water partition coefficient (Wildman–Crippen LogP) is 2.63. The Kier molecular flexibility index (Phi) is 5.96. The van der Waals surface area contributed by atoms with Crippen LogP contribution < -0.4 is 10.2 Å². The van der Waals surface area contributed by atoms with E-state index in [4.69, 9.17) is 0 Å². The molecule has 5 heteroatoms. The third-order valence-corrected chi connectivity index (χ3v) is 3.77. The Hall–Kier alpha value is -1.65. The zero-order chi connectivity index (χ0) is 15.1. The lowest BCUT2D eigenvalue weighted by molar-refractivity contribution is 0.0947. The monoisotopic (exact) mass is 290 g/mol. The highest BCUT2D eigenvalue weighted by Gasteiger charge is 2.15. The minimum absolute atomic E-state index is 0.103. The summed E-state index contributed by atoms with van der Waals surface area (Å²) >= 11 is 0. The number of aromatic nitrogens is 2. The summed E-state index contributed by atoms with van der Waals surface area (Å²) in [6, 6.07) is 1.69. The molecule has 0 atom stereocenters. The molecule has 1 aliphatic rings. The van der Waals surface area contributed by atoms with Crippen LogP contribution in [-0.2, 0) is 0 Å². The fraction of sp³-hybridized carbons (Fsp3) is 0.688. The maximum atomic E-state index is 12.1. The Morgan fingerprint density at radius 1 is 1.29 bits per heavy atom. The number of anilines is 1. The molecule has 21 heavy (non-hydrogen) atoms. The Labute approximate surface area is 127 Å². The standard InChI is InChI=1S/C16H26N4O/c1-13(2)7-9-17-15(21)14-8-10-18-16(19-14)20-11-5-3-4-6-12-20/h8,10,13H,3-7,9,11-12H2,1-2H3,(H,17,21). The molecule has 1 aromatic rings. The van der Waals surface area contributed by atoms with Crippen molar-refractivity contribution in [2.45, 2.75) is 46.0 Å². The van der Waals surface area contributed by atoms with Gasteiger partial charge in [-0.3, -0.25) is 4.79 Å². The summed E-state index contributed by atoms with van der Waals surface area (Å²) in [5.41, 5.74) is 0.466. The number of carbonyl (C=O) groups excluding carboxylic acids is 1. The van der Waals surface area contributed by atoms with Crippen LogP contribution in [-0.4, -0.2) is 35.5 Å². The van der Waals surface area contributed by atoms with Gasteiger partial charge < -0.3 is 10.2 Å². The normalized spacial score (nSPS) is 15.9. The molecule has 2 rings (SSSR count). The summed E-state index contributed by atoms with van der Waals surface area (Å²) in [5.74, 6) is 1.17. The van der Waals surface area contributed by atoms with Crippen LogP contribution in [0.4, 0.5) is 5.95 Å². The Morgan fingerprint density at radius 3 is 2.67 bits per heavy atom. The van der Waals surface area contributed by atoms with Crippen LogP contribution in [0.2, 0.25) is 0 Å². The molecule has 5 nitrogen and oxygen atoms in total. The first-order valence-electron chi connectivity index (χ1n) is 8.03. The van der Waals surface area contributed by atoms with Crippen LogP contribution in [0, 0.1) is 5.92 Å². The Morgan fingerprint density at radius 2 is 2.00 bits per heavy atom. The van der Waals surface area contributed by atoms with Gasteiger partial charge in [0.1, 0.15) is 5.69 Å². The third kappa shape index (κ3) is 4.99. The average molecular weight is 290 g/mol. The van der Waals surface area contributed by atoms with Crippen LogP contribution in [0.15, 0.2) is 12.3 Å². The summed E-state index contributed by atoms with van der Waals surface area (Å²) < 4.78 is 0. The van der Waals surface area contributed by atoms with Crippen molar-refractivity contribution in [3.8, 4) is 0 Å². The number of nitrogens with zero attached hydrogens (tertiary/aromatic N) is 3. The van der Waals surface area contributed by atoms with E-state index >= 15 is 0 Å². The highest BCUT2D eigenvalue weighted by molar-refractivity contribution is 5.92. The van der Waals surface area contributed by atoms with Gasteiger partial charge in [0.05, 0.1) is 0 Å². The summed E-state index contributed by atoms with van der Waals surface area (Å²) in [6.07, 6.45) is 7.56. The number of rotatable bonds is 5. The van der Waals surface area contributed by atoms with E-state index in [9.17, 15) is 4.79 Å². The maximum absolute atomic E-state index is 12.1. The smallest absolute Gasteiger partial charge is 0.270 e. The lowest BCUT2D eigenvalue weighted by atomic mass is 10.1. The SMILES string of the molecule is CC(C)CCNC(=O)c1ccnc(N2CCCCCC2)n1. The quantitative estimate of drug-likeness (QED) is 0.905. The molecule has 1 N–H and O–H groups in total. The van der Waals surface area contributed by atoms with Crippen LogP contribution in [0.3, 0.4) is 0 Å². The van der Waals surface area contributed by atoms with Crippen LogP contribution in [0.25, 0.3) is 0 Å². The van der Waals surface area contributed by atoms with Gasteiger partial charge in [0.2, 0.25) is 5.95 Å². The molecular formula is C16H26N4O. The molecule has 0 spiro atoms. The van der Waals surface area contributed by atoms with Crippen molar-refractivity contribution in [3.05, 3.63) is 18.0 Å². The molecule has 0 radical (unpaired) electrons. The molecule has 0 bridgehead atoms. The Bertz CT molecular complexity index is 453. The van der Waals surface area contributed by atoms with Crippen molar-refractivity contribution >= 4 is 11.9 Å². The molecule has 1 fully saturated rings. The first-order chi connectivity index (χ1) is 10.2. The topological polar surface area (TPSA) is 58.1 Å². The lowest BCUT2D eigenvalue weighted by Crippen LogP contribution is -2.29. The number of hydrogen-bond donors (Lipinski definition) is 1. The van der Waals surface area contributed by atoms with Gasteiger partial charge in [0.25, 0.3) is 5.91 Å². The van der Waals surface area contributed by atoms with E-state index in [0.717, 1.165) is 19.5 Å². The van der Waals surface area contributed by atoms with Crippen LogP contribution >= 0.6 is 0 Å². The van der Waals surface area contributed by atoms with Gasteiger partial charge in [-0.25, -0.2) is 9.97 Å². The van der Waals surface area contributed by atoms with Crippen molar-refractivity contribution in [2.24, 2.45) is 5.92 Å². The van der Waals surface area contributed by atoms with Gasteiger partial charge in [0.15, 0.2) is 0 Å². The number of hydrogen-bond acceptors (Lipinski definition) is 4. The fourth-order valence-corrected chi connectivity index (χ4v) is 2.46. The zero-order valence-electron chi connectivity index (χ0n) is 13.1. The van der Waals surface area contributed by atoms with E-state index in [0.29, 0.717) is 24.1 Å². The van der Waals surface area contributed by atoms with Crippen molar-refractivity contribution in [2.75, 3.05) is 24.5 Å². The molecule has 1 amide bonds. The van der Waals surface area contributed by atoms with Crippen molar-refractivity contribution < 1.29 is 4.79 Å². The van der Waals surface area contributed by atoms with Crippen molar-refractivity contribution in [3.63, 3.8) is 0 Å². The summed E-state index contributed by atoms with van der Waals surface area (Å²) in [5, 5.41) is 2.93. The van der Waals surface area contributed by atoms with E-state index in [2.05, 4.69) is 34.0 Å². The predicted molar refractivity (Wildman–Crippen MR) is 84.5 cm³/mol. The van der Waals surface area contributed by atoms with E-state index in [1.54, 1.807) is 12.3 Å². The average Bonchev–Trinajstić information content (AvgIpc) is 2.76. The van der Waals surface area contributed by atoms with Gasteiger partial charge in [-0.15, -0.1) is 0 Å².